The fourth-order valence-corrected chi connectivity index (χ4v) is 6.54. The van der Waals surface area contributed by atoms with Crippen LogP contribution < -0.4 is 5.32 Å². The predicted octanol–water partition coefficient (Wildman–Crippen LogP) is 4.05. The molecule has 1 saturated heterocycles. The molecule has 2 aromatic rings. The van der Waals surface area contributed by atoms with Gasteiger partial charge in [0.1, 0.15) is 5.00 Å². The van der Waals surface area contributed by atoms with E-state index in [1.165, 1.54) is 34.4 Å². The third-order valence-corrected chi connectivity index (χ3v) is 7.84. The molecule has 1 unspecified atom stereocenters. The number of nitrogens with zero attached hydrogens (tertiary/aromatic N) is 2. The van der Waals surface area contributed by atoms with E-state index in [1.807, 2.05) is 0 Å². The lowest BCUT2D eigenvalue weighted by Gasteiger charge is -2.40. The Hall–Kier alpha value is -1.25. The molecular formula is C23H30BrN3O2S. The van der Waals surface area contributed by atoms with Gasteiger partial charge in [-0.25, -0.2) is 0 Å². The van der Waals surface area contributed by atoms with Gasteiger partial charge in [-0.2, -0.15) is 0 Å². The first-order chi connectivity index (χ1) is 14.6. The van der Waals surface area contributed by atoms with Gasteiger partial charge >= 0.3 is 0 Å². The molecule has 2 aliphatic rings. The lowest BCUT2D eigenvalue weighted by molar-refractivity contribution is -0.114. The predicted molar refractivity (Wildman–Crippen MR) is 126 cm³/mol. The Balaban J connectivity index is 1.77. The van der Waals surface area contributed by atoms with Crippen LogP contribution in [0.3, 0.4) is 0 Å². The average molecular weight is 492 g/mol. The van der Waals surface area contributed by atoms with Crippen LogP contribution >= 0.6 is 27.3 Å². The van der Waals surface area contributed by atoms with E-state index < -0.39 is 0 Å². The largest absolute Gasteiger partial charge is 0.395 e. The summed E-state index contributed by atoms with van der Waals surface area (Å²) in [6.45, 7) is 6.34. The molecule has 0 spiro atoms. The van der Waals surface area contributed by atoms with E-state index in [1.54, 1.807) is 18.3 Å². The smallest absolute Gasteiger partial charge is 0.221 e. The highest BCUT2D eigenvalue weighted by molar-refractivity contribution is 9.10. The number of hydrogen-bond acceptors (Lipinski definition) is 5. The molecule has 1 aromatic heterocycles. The molecule has 1 aliphatic heterocycles. The van der Waals surface area contributed by atoms with Gasteiger partial charge in [0.25, 0.3) is 0 Å². The maximum absolute atomic E-state index is 12.0. The van der Waals surface area contributed by atoms with Crippen LogP contribution in [-0.4, -0.2) is 60.1 Å². The number of fused-ring (bicyclic) bond motifs is 1. The number of benzene rings is 1. The molecule has 0 radical (unpaired) electrons. The number of thiophene rings is 1. The minimum absolute atomic E-state index is 0.00407. The fourth-order valence-electron chi connectivity index (χ4n) is 4.76. The summed E-state index contributed by atoms with van der Waals surface area (Å²) in [5.41, 5.74) is 4.02. The second kappa shape index (κ2) is 9.92. The van der Waals surface area contributed by atoms with Crippen LogP contribution in [-0.2, 0) is 17.6 Å². The first-order valence-electron chi connectivity index (χ1n) is 10.8. The fraction of sp³-hybridized carbons (Fsp3) is 0.522. The molecule has 0 saturated carbocycles. The number of rotatable bonds is 6. The summed E-state index contributed by atoms with van der Waals surface area (Å²) in [6, 6.07) is 8.72. The molecule has 1 fully saturated rings. The summed E-state index contributed by atoms with van der Waals surface area (Å²) >= 11 is 5.44. The van der Waals surface area contributed by atoms with Crippen molar-refractivity contribution in [3.05, 3.63) is 50.3 Å². The maximum atomic E-state index is 12.0. The third kappa shape index (κ3) is 4.81. The van der Waals surface area contributed by atoms with Gasteiger partial charge in [0, 0.05) is 54.6 Å². The lowest BCUT2D eigenvalue weighted by Crippen LogP contribution is -2.48. The van der Waals surface area contributed by atoms with Crippen molar-refractivity contribution in [1.82, 2.24) is 9.80 Å². The standard InChI is InChI=1S/C23H30BrN3O2S/c1-16(29)25-23-21(19-7-2-3-8-20(19)30-23)22(17-5-4-6-18(24)15-17)27-11-9-26(10-12-27)13-14-28/h4-6,15,22,28H,2-3,7-14H2,1H3,(H,25,29). The molecule has 4 rings (SSSR count). The van der Waals surface area contributed by atoms with E-state index in [4.69, 9.17) is 0 Å². The number of β-amino-alcohol motifs (C(OH)–C–C–N with tert-alkyl or cyclic N) is 1. The molecule has 2 heterocycles. The van der Waals surface area contributed by atoms with Gasteiger partial charge in [-0.05, 0) is 48.9 Å². The van der Waals surface area contributed by atoms with E-state index >= 15 is 0 Å². The first-order valence-corrected chi connectivity index (χ1v) is 12.4. The maximum Gasteiger partial charge on any atom is 0.221 e. The zero-order valence-electron chi connectivity index (χ0n) is 17.5. The number of aliphatic hydroxyl groups excluding tert-OH is 1. The van der Waals surface area contributed by atoms with E-state index in [0.717, 1.165) is 55.0 Å². The van der Waals surface area contributed by atoms with Crippen LogP contribution in [0.1, 0.15) is 47.4 Å². The van der Waals surface area contributed by atoms with Crippen molar-refractivity contribution < 1.29 is 9.90 Å². The molecule has 2 N–H and O–H groups in total. The normalized spacial score (nSPS) is 18.8. The first kappa shape index (κ1) is 22.0. The Bertz CT molecular complexity index is 893. The average Bonchev–Trinajstić information content (AvgIpc) is 3.07. The topological polar surface area (TPSA) is 55.8 Å². The zero-order valence-corrected chi connectivity index (χ0v) is 19.9. The molecule has 7 heteroatoms. The van der Waals surface area contributed by atoms with Crippen molar-refractivity contribution >= 4 is 38.2 Å². The second-order valence-corrected chi connectivity index (χ2v) is 10.2. The van der Waals surface area contributed by atoms with Crippen LogP contribution in [0.2, 0.25) is 0 Å². The van der Waals surface area contributed by atoms with Crippen molar-refractivity contribution in [1.29, 1.82) is 0 Å². The summed E-state index contributed by atoms with van der Waals surface area (Å²) in [5.74, 6) is -0.00407. The number of carbonyl (C=O) groups is 1. The third-order valence-electron chi connectivity index (χ3n) is 6.13. The van der Waals surface area contributed by atoms with Gasteiger partial charge < -0.3 is 10.4 Å². The number of amides is 1. The van der Waals surface area contributed by atoms with Crippen LogP contribution in [0.4, 0.5) is 5.00 Å². The van der Waals surface area contributed by atoms with Gasteiger partial charge in [0.15, 0.2) is 0 Å². The summed E-state index contributed by atoms with van der Waals surface area (Å²) in [4.78, 5) is 18.3. The van der Waals surface area contributed by atoms with E-state index in [9.17, 15) is 9.90 Å². The molecule has 162 valence electrons. The number of anilines is 1. The number of hydrogen-bond donors (Lipinski definition) is 2. The summed E-state index contributed by atoms with van der Waals surface area (Å²) in [7, 11) is 0. The molecular weight excluding hydrogens is 462 g/mol. The Labute approximate surface area is 191 Å². The van der Waals surface area contributed by atoms with Crippen molar-refractivity contribution in [3.8, 4) is 0 Å². The summed E-state index contributed by atoms with van der Waals surface area (Å²) < 4.78 is 1.08. The van der Waals surface area contributed by atoms with Gasteiger partial charge in [-0.15, -0.1) is 11.3 Å². The van der Waals surface area contributed by atoms with E-state index in [2.05, 4.69) is 55.3 Å². The molecule has 1 atom stereocenters. The van der Waals surface area contributed by atoms with Crippen LogP contribution in [0.15, 0.2) is 28.7 Å². The highest BCUT2D eigenvalue weighted by Crippen LogP contribution is 2.45. The molecule has 0 bridgehead atoms. The summed E-state index contributed by atoms with van der Waals surface area (Å²) in [5, 5.41) is 13.5. The number of nitrogens with one attached hydrogen (secondary N) is 1. The number of halogens is 1. The number of aryl methyl sites for hydroxylation is 1. The quantitative estimate of drug-likeness (QED) is 0.639. The van der Waals surface area contributed by atoms with Crippen molar-refractivity contribution in [2.75, 3.05) is 44.6 Å². The SMILES string of the molecule is CC(=O)Nc1sc2c(c1C(c1cccc(Br)c1)N1CCN(CCO)CC1)CCCC2. The molecule has 1 aromatic carbocycles. The Morgan fingerprint density at radius 1 is 1.23 bits per heavy atom. The lowest BCUT2D eigenvalue weighted by atomic mass is 9.88. The van der Waals surface area contributed by atoms with Gasteiger partial charge in [-0.1, -0.05) is 28.1 Å². The highest BCUT2D eigenvalue weighted by atomic mass is 79.9. The molecule has 30 heavy (non-hydrogen) atoms. The number of piperazine rings is 1. The summed E-state index contributed by atoms with van der Waals surface area (Å²) in [6.07, 6.45) is 4.65. The van der Waals surface area contributed by atoms with Crippen LogP contribution in [0.5, 0.6) is 0 Å². The van der Waals surface area contributed by atoms with Crippen LogP contribution in [0.25, 0.3) is 0 Å². The van der Waals surface area contributed by atoms with Crippen LogP contribution in [0, 0.1) is 0 Å². The minimum Gasteiger partial charge on any atom is -0.395 e. The highest BCUT2D eigenvalue weighted by Gasteiger charge is 2.33. The minimum atomic E-state index is -0.00407. The van der Waals surface area contributed by atoms with Crippen molar-refractivity contribution in [3.63, 3.8) is 0 Å². The Kier molecular flexibility index (Phi) is 7.26. The zero-order chi connectivity index (χ0) is 21.1. The van der Waals surface area contributed by atoms with E-state index in [-0.39, 0.29) is 18.6 Å². The van der Waals surface area contributed by atoms with Gasteiger partial charge in [-0.3, -0.25) is 14.6 Å². The van der Waals surface area contributed by atoms with Gasteiger partial charge in [0.2, 0.25) is 5.91 Å². The number of carbonyl (C=O) groups excluding carboxylic acids is 1. The van der Waals surface area contributed by atoms with Gasteiger partial charge in [0.05, 0.1) is 12.6 Å². The molecule has 1 amide bonds. The molecule has 5 nitrogen and oxygen atoms in total. The monoisotopic (exact) mass is 491 g/mol. The Morgan fingerprint density at radius 2 is 2.00 bits per heavy atom. The second-order valence-electron chi connectivity index (χ2n) is 8.19. The van der Waals surface area contributed by atoms with E-state index in [0.29, 0.717) is 0 Å². The van der Waals surface area contributed by atoms with Crippen molar-refractivity contribution in [2.24, 2.45) is 0 Å². The molecule has 1 aliphatic carbocycles. The number of aliphatic hydroxyl groups is 1. The van der Waals surface area contributed by atoms with Crippen molar-refractivity contribution in [2.45, 2.75) is 38.6 Å². The Morgan fingerprint density at radius 3 is 2.70 bits per heavy atom.